The molecule has 0 radical (unpaired) electrons. The maximum atomic E-state index is 10.3. The molecule has 0 aromatic heterocycles. The van der Waals surface area contributed by atoms with Crippen molar-refractivity contribution in [2.75, 3.05) is 6.61 Å². The summed E-state index contributed by atoms with van der Waals surface area (Å²) in [5.74, 6) is 0. The first kappa shape index (κ1) is 26.9. The molecule has 0 spiro atoms. The largest absolute Gasteiger partial charge is 0.397 e. The summed E-state index contributed by atoms with van der Waals surface area (Å²) in [4.78, 5) is 0. The molecule has 0 amide bonds. The number of hydrogen-bond donors (Lipinski definition) is 1. The maximum Gasteiger partial charge on any atom is 0.397 e. The number of unbranched alkanes of at least 4 members (excludes halogenated alkanes) is 15. The van der Waals surface area contributed by atoms with Crippen LogP contribution in [0.15, 0.2) is 0 Å². The van der Waals surface area contributed by atoms with Gasteiger partial charge >= 0.3 is 33.5 Å². The standard InChI is InChI=1S/C18H38O4S.Mg.2H/c1-2-3-4-5-6-7-8-9-10-11-12-13-14-15-16-17-18-22-23(19,20)21;;;/h2-18H2,1H3,(H,19,20,21);;;. The first-order chi connectivity index (χ1) is 11.1. The monoisotopic (exact) mass is 376 g/mol. The van der Waals surface area contributed by atoms with E-state index in [1.807, 2.05) is 0 Å². The molecular weight excluding hydrogens is 337 g/mol. The summed E-state index contributed by atoms with van der Waals surface area (Å²) in [5, 5.41) is 0. The molecule has 0 aromatic rings. The summed E-state index contributed by atoms with van der Waals surface area (Å²) in [7, 11) is -4.24. The zero-order valence-corrected chi connectivity index (χ0v) is 15.9. The Kier molecular flexibility index (Phi) is 22.3. The molecule has 0 heterocycles. The lowest BCUT2D eigenvalue weighted by atomic mass is 10.0. The van der Waals surface area contributed by atoms with Crippen LogP contribution < -0.4 is 0 Å². The number of rotatable bonds is 18. The highest BCUT2D eigenvalue weighted by Gasteiger charge is 2.02. The second kappa shape index (κ2) is 20.0. The summed E-state index contributed by atoms with van der Waals surface area (Å²) < 4.78 is 33.3. The van der Waals surface area contributed by atoms with Crippen molar-refractivity contribution in [2.24, 2.45) is 0 Å². The van der Waals surface area contributed by atoms with E-state index in [-0.39, 0.29) is 29.7 Å². The molecule has 0 bridgehead atoms. The van der Waals surface area contributed by atoms with Gasteiger partial charge in [-0.15, -0.1) is 0 Å². The first-order valence-corrected chi connectivity index (χ1v) is 11.0. The van der Waals surface area contributed by atoms with Crippen LogP contribution in [-0.2, 0) is 14.6 Å². The van der Waals surface area contributed by atoms with Crippen molar-refractivity contribution in [1.82, 2.24) is 0 Å². The van der Waals surface area contributed by atoms with E-state index in [4.69, 9.17) is 4.55 Å². The van der Waals surface area contributed by atoms with E-state index >= 15 is 0 Å². The van der Waals surface area contributed by atoms with Gasteiger partial charge in [-0.25, -0.2) is 4.18 Å². The van der Waals surface area contributed by atoms with Gasteiger partial charge in [0.2, 0.25) is 0 Å². The van der Waals surface area contributed by atoms with Gasteiger partial charge in [0.1, 0.15) is 0 Å². The average Bonchev–Trinajstić information content (AvgIpc) is 2.49. The molecule has 0 aromatic carbocycles. The lowest BCUT2D eigenvalue weighted by molar-refractivity contribution is 0.261. The molecule has 4 nitrogen and oxygen atoms in total. The van der Waals surface area contributed by atoms with Crippen LogP contribution in [0.2, 0.25) is 0 Å². The molecule has 144 valence electrons. The predicted molar refractivity (Wildman–Crippen MR) is 106 cm³/mol. The molecule has 0 saturated carbocycles. The minimum Gasteiger partial charge on any atom is -0.264 e. The van der Waals surface area contributed by atoms with Gasteiger partial charge in [-0.05, 0) is 6.42 Å². The van der Waals surface area contributed by atoms with E-state index in [1.165, 1.54) is 83.5 Å². The Balaban J connectivity index is 0. The third-order valence-electron chi connectivity index (χ3n) is 4.23. The van der Waals surface area contributed by atoms with Gasteiger partial charge < -0.3 is 0 Å². The predicted octanol–water partition coefficient (Wildman–Crippen LogP) is 5.15. The van der Waals surface area contributed by atoms with Crippen molar-refractivity contribution < 1.29 is 17.2 Å². The number of hydrogen-bond acceptors (Lipinski definition) is 3. The van der Waals surface area contributed by atoms with Crippen molar-refractivity contribution in [3.8, 4) is 0 Å². The van der Waals surface area contributed by atoms with Gasteiger partial charge in [-0.1, -0.05) is 103 Å². The van der Waals surface area contributed by atoms with Gasteiger partial charge in [0, 0.05) is 0 Å². The highest BCUT2D eigenvalue weighted by atomic mass is 32.3. The second-order valence-electron chi connectivity index (χ2n) is 6.55. The quantitative estimate of drug-likeness (QED) is 0.204. The molecule has 0 unspecified atom stereocenters. The Hall–Kier alpha value is 0.636. The molecule has 0 saturated heterocycles. The fourth-order valence-electron chi connectivity index (χ4n) is 2.81. The lowest BCUT2D eigenvalue weighted by Crippen LogP contribution is -2.04. The Bertz CT molecular complexity index is 334. The summed E-state index contributed by atoms with van der Waals surface area (Å²) in [6.45, 7) is 2.36. The Morgan fingerprint density at radius 2 is 0.917 bits per heavy atom. The van der Waals surface area contributed by atoms with E-state index in [0.29, 0.717) is 6.42 Å². The normalized spacial score (nSPS) is 11.4. The maximum absolute atomic E-state index is 10.3. The van der Waals surface area contributed by atoms with Gasteiger partial charge in [-0.2, -0.15) is 8.42 Å². The molecule has 1 N–H and O–H groups in total. The van der Waals surface area contributed by atoms with Crippen molar-refractivity contribution in [1.29, 1.82) is 0 Å². The summed E-state index contributed by atoms with van der Waals surface area (Å²) in [6, 6.07) is 0. The molecule has 0 aliphatic carbocycles. The molecule has 24 heavy (non-hydrogen) atoms. The molecular formula is C18H40MgO4S. The third kappa shape index (κ3) is 24.9. The summed E-state index contributed by atoms with van der Waals surface area (Å²) in [6.07, 6.45) is 20.5. The smallest absolute Gasteiger partial charge is 0.264 e. The topological polar surface area (TPSA) is 63.6 Å². The average molecular weight is 377 g/mol. The minimum atomic E-state index is -4.24. The van der Waals surface area contributed by atoms with Crippen LogP contribution >= 0.6 is 0 Å². The van der Waals surface area contributed by atoms with Crippen molar-refractivity contribution >= 4 is 33.5 Å². The van der Waals surface area contributed by atoms with Crippen LogP contribution in [0.1, 0.15) is 110 Å². The first-order valence-electron chi connectivity index (χ1n) is 9.68. The van der Waals surface area contributed by atoms with E-state index in [2.05, 4.69) is 11.1 Å². The zero-order chi connectivity index (χ0) is 17.2. The third-order valence-corrected chi connectivity index (χ3v) is 4.69. The molecule has 0 atom stereocenters. The highest BCUT2D eigenvalue weighted by molar-refractivity contribution is 7.80. The zero-order valence-electron chi connectivity index (χ0n) is 15.1. The lowest BCUT2D eigenvalue weighted by Gasteiger charge is -2.03. The van der Waals surface area contributed by atoms with Crippen molar-refractivity contribution in [3.63, 3.8) is 0 Å². The van der Waals surface area contributed by atoms with Gasteiger partial charge in [0.05, 0.1) is 6.61 Å². The minimum absolute atomic E-state index is 0. The SMILES string of the molecule is CCCCCCCCCCCCCCCCCCOS(=O)(=O)O.[MgH2]. The Labute approximate surface area is 166 Å². The molecule has 0 aliphatic heterocycles. The van der Waals surface area contributed by atoms with Gasteiger partial charge in [0.15, 0.2) is 0 Å². The molecule has 0 aliphatic rings. The highest BCUT2D eigenvalue weighted by Crippen LogP contribution is 2.13. The Morgan fingerprint density at radius 3 is 1.21 bits per heavy atom. The van der Waals surface area contributed by atoms with Crippen LogP contribution in [-0.4, -0.2) is 42.6 Å². The van der Waals surface area contributed by atoms with Crippen molar-refractivity contribution in [3.05, 3.63) is 0 Å². The molecule has 6 heteroatoms. The van der Waals surface area contributed by atoms with Crippen LogP contribution in [0.3, 0.4) is 0 Å². The molecule has 0 rings (SSSR count). The summed E-state index contributed by atoms with van der Waals surface area (Å²) >= 11 is 0. The van der Waals surface area contributed by atoms with Crippen molar-refractivity contribution in [2.45, 2.75) is 110 Å². The van der Waals surface area contributed by atoms with E-state index < -0.39 is 10.4 Å². The second-order valence-corrected chi connectivity index (χ2v) is 7.64. The molecule has 0 fully saturated rings. The van der Waals surface area contributed by atoms with Crippen LogP contribution in [0, 0.1) is 0 Å². The van der Waals surface area contributed by atoms with Gasteiger partial charge in [-0.3, -0.25) is 4.55 Å². The van der Waals surface area contributed by atoms with E-state index in [0.717, 1.165) is 12.8 Å². The fourth-order valence-corrected chi connectivity index (χ4v) is 3.14. The fraction of sp³-hybridized carbons (Fsp3) is 1.00. The van der Waals surface area contributed by atoms with E-state index in [1.54, 1.807) is 0 Å². The Morgan fingerprint density at radius 1 is 0.625 bits per heavy atom. The summed E-state index contributed by atoms with van der Waals surface area (Å²) in [5.41, 5.74) is 0. The van der Waals surface area contributed by atoms with Crippen LogP contribution in [0.25, 0.3) is 0 Å². The van der Waals surface area contributed by atoms with Crippen LogP contribution in [0.5, 0.6) is 0 Å². The van der Waals surface area contributed by atoms with Crippen LogP contribution in [0.4, 0.5) is 0 Å². The van der Waals surface area contributed by atoms with Gasteiger partial charge in [0.25, 0.3) is 0 Å². The van der Waals surface area contributed by atoms with E-state index in [9.17, 15) is 8.42 Å².